The molecule has 1 amide bonds. The topological polar surface area (TPSA) is 66.9 Å². The lowest BCUT2D eigenvalue weighted by Gasteiger charge is -2.19. The summed E-state index contributed by atoms with van der Waals surface area (Å²) in [5, 5.41) is 0. The van der Waals surface area contributed by atoms with E-state index in [4.69, 9.17) is 4.74 Å². The molecule has 6 nitrogen and oxygen atoms in total. The number of nitrogens with zero attached hydrogens (tertiary/aromatic N) is 2. The molecule has 0 saturated heterocycles. The Balaban J connectivity index is 1.77. The highest BCUT2D eigenvalue weighted by atomic mass is 32.2. The maximum atomic E-state index is 12.9. The summed E-state index contributed by atoms with van der Waals surface area (Å²) >= 11 is 0. The third-order valence-electron chi connectivity index (χ3n) is 4.92. The van der Waals surface area contributed by atoms with Gasteiger partial charge in [0.15, 0.2) is 0 Å². The molecule has 0 saturated carbocycles. The largest absolute Gasteiger partial charge is 0.496 e. The number of hydrogen-bond donors (Lipinski definition) is 0. The number of hydrogen-bond acceptors (Lipinski definition) is 4. The quantitative estimate of drug-likeness (QED) is 0.762. The zero-order valence-electron chi connectivity index (χ0n) is 15.8. The zero-order valence-corrected chi connectivity index (χ0v) is 16.6. The van der Waals surface area contributed by atoms with Crippen LogP contribution in [0.4, 0.5) is 5.69 Å². The number of anilines is 1. The standard InChI is InChI=1S/C20H24N2O4S/c1-15(23)22-13-11-17-14-18(8-9-19(17)22)27(24,25)21(2)12-10-16-6-4-5-7-20(16)26-3/h4-9,14H,10-13H2,1-3H3. The lowest BCUT2D eigenvalue weighted by atomic mass is 10.1. The highest BCUT2D eigenvalue weighted by Crippen LogP contribution is 2.31. The molecule has 0 aliphatic carbocycles. The maximum Gasteiger partial charge on any atom is 0.242 e. The summed E-state index contributed by atoms with van der Waals surface area (Å²) in [6.07, 6.45) is 1.23. The molecule has 0 unspecified atom stereocenters. The minimum absolute atomic E-state index is 0.0294. The van der Waals surface area contributed by atoms with Gasteiger partial charge < -0.3 is 9.64 Å². The van der Waals surface area contributed by atoms with E-state index in [0.717, 1.165) is 22.6 Å². The molecule has 3 rings (SSSR count). The fourth-order valence-electron chi connectivity index (χ4n) is 3.35. The molecule has 0 N–H and O–H groups in total. The number of methoxy groups -OCH3 is 1. The van der Waals surface area contributed by atoms with Crippen molar-refractivity contribution < 1.29 is 17.9 Å². The number of likely N-dealkylation sites (N-methyl/N-ethyl adjacent to an activating group) is 1. The van der Waals surface area contributed by atoms with E-state index in [2.05, 4.69) is 0 Å². The molecule has 2 aromatic carbocycles. The van der Waals surface area contributed by atoms with Crippen LogP contribution in [0.15, 0.2) is 47.4 Å². The van der Waals surface area contributed by atoms with Gasteiger partial charge in [-0.05, 0) is 48.2 Å². The first-order chi connectivity index (χ1) is 12.8. The van der Waals surface area contributed by atoms with E-state index in [1.165, 1.54) is 11.2 Å². The fraction of sp³-hybridized carbons (Fsp3) is 0.350. The Bertz CT molecular complexity index is 956. The molecule has 144 valence electrons. The number of carbonyl (C=O) groups excluding carboxylic acids is 1. The second kappa shape index (κ2) is 7.70. The van der Waals surface area contributed by atoms with Crippen molar-refractivity contribution in [3.8, 4) is 5.75 Å². The van der Waals surface area contributed by atoms with Crippen molar-refractivity contribution in [1.29, 1.82) is 0 Å². The minimum Gasteiger partial charge on any atom is -0.496 e. The summed E-state index contributed by atoms with van der Waals surface area (Å²) in [5.74, 6) is 0.725. The Hall–Kier alpha value is -2.38. The van der Waals surface area contributed by atoms with Crippen LogP contribution < -0.4 is 9.64 Å². The molecule has 0 aromatic heterocycles. The van der Waals surface area contributed by atoms with E-state index < -0.39 is 10.0 Å². The predicted molar refractivity (Wildman–Crippen MR) is 105 cm³/mol. The van der Waals surface area contributed by atoms with Crippen LogP contribution in [0.25, 0.3) is 0 Å². The van der Waals surface area contributed by atoms with Crippen molar-refractivity contribution in [3.05, 3.63) is 53.6 Å². The summed E-state index contributed by atoms with van der Waals surface area (Å²) in [6.45, 7) is 2.46. The van der Waals surface area contributed by atoms with Crippen LogP contribution in [0, 0.1) is 0 Å². The van der Waals surface area contributed by atoms with Crippen molar-refractivity contribution in [3.63, 3.8) is 0 Å². The first kappa shape index (κ1) is 19.4. The average molecular weight is 388 g/mol. The Morgan fingerprint density at radius 2 is 1.96 bits per heavy atom. The first-order valence-electron chi connectivity index (χ1n) is 8.84. The summed E-state index contributed by atoms with van der Waals surface area (Å²) in [5.41, 5.74) is 2.66. The van der Waals surface area contributed by atoms with Crippen LogP contribution in [0.1, 0.15) is 18.1 Å². The van der Waals surface area contributed by atoms with Gasteiger partial charge in [0.25, 0.3) is 0 Å². The number of ether oxygens (including phenoxy) is 1. The molecule has 0 spiro atoms. The average Bonchev–Trinajstić information content (AvgIpc) is 3.09. The number of para-hydroxylation sites is 1. The fourth-order valence-corrected chi connectivity index (χ4v) is 4.58. The zero-order chi connectivity index (χ0) is 19.6. The number of benzene rings is 2. The van der Waals surface area contributed by atoms with Crippen molar-refractivity contribution in [2.45, 2.75) is 24.7 Å². The number of carbonyl (C=O) groups is 1. The molecule has 1 aliphatic heterocycles. The second-order valence-electron chi connectivity index (χ2n) is 6.60. The molecular weight excluding hydrogens is 364 g/mol. The number of rotatable bonds is 6. The molecule has 27 heavy (non-hydrogen) atoms. The van der Waals surface area contributed by atoms with Crippen LogP contribution >= 0.6 is 0 Å². The lowest BCUT2D eigenvalue weighted by molar-refractivity contribution is -0.116. The summed E-state index contributed by atoms with van der Waals surface area (Å²) in [4.78, 5) is 13.6. The molecule has 2 aromatic rings. The molecule has 7 heteroatoms. The second-order valence-corrected chi connectivity index (χ2v) is 8.64. The third-order valence-corrected chi connectivity index (χ3v) is 6.78. The Labute approximate surface area is 160 Å². The number of sulfonamides is 1. The van der Waals surface area contributed by atoms with E-state index in [0.29, 0.717) is 25.9 Å². The van der Waals surface area contributed by atoms with Gasteiger partial charge in [-0.1, -0.05) is 18.2 Å². The number of amides is 1. The van der Waals surface area contributed by atoms with E-state index >= 15 is 0 Å². The van der Waals surface area contributed by atoms with Gasteiger partial charge in [-0.3, -0.25) is 4.79 Å². The normalized spacial score (nSPS) is 13.7. The third kappa shape index (κ3) is 3.84. The van der Waals surface area contributed by atoms with Gasteiger partial charge in [0.1, 0.15) is 5.75 Å². The van der Waals surface area contributed by atoms with Crippen molar-refractivity contribution in [1.82, 2.24) is 4.31 Å². The monoisotopic (exact) mass is 388 g/mol. The Morgan fingerprint density at radius 1 is 1.22 bits per heavy atom. The van der Waals surface area contributed by atoms with Gasteiger partial charge in [-0.25, -0.2) is 12.7 Å². The van der Waals surface area contributed by atoms with Crippen molar-refractivity contribution in [2.75, 3.05) is 32.1 Å². The van der Waals surface area contributed by atoms with E-state index in [1.807, 2.05) is 24.3 Å². The van der Waals surface area contributed by atoms with Gasteiger partial charge in [-0.2, -0.15) is 0 Å². The van der Waals surface area contributed by atoms with Crippen molar-refractivity contribution in [2.24, 2.45) is 0 Å². The lowest BCUT2D eigenvalue weighted by Crippen LogP contribution is -2.29. The smallest absolute Gasteiger partial charge is 0.242 e. The van der Waals surface area contributed by atoms with Crippen LogP contribution in [0.5, 0.6) is 5.75 Å². The van der Waals surface area contributed by atoms with Crippen molar-refractivity contribution >= 4 is 21.6 Å². The van der Waals surface area contributed by atoms with Gasteiger partial charge in [0, 0.05) is 32.7 Å². The molecule has 0 fully saturated rings. The van der Waals surface area contributed by atoms with Crippen LogP contribution in [-0.2, 0) is 27.7 Å². The molecule has 0 bridgehead atoms. The van der Waals surface area contributed by atoms with Gasteiger partial charge in [0.05, 0.1) is 12.0 Å². The Morgan fingerprint density at radius 3 is 2.67 bits per heavy atom. The summed E-state index contributed by atoms with van der Waals surface area (Å²) < 4.78 is 32.6. The van der Waals surface area contributed by atoms with E-state index in [-0.39, 0.29) is 10.8 Å². The summed E-state index contributed by atoms with van der Waals surface area (Å²) in [6, 6.07) is 12.6. The molecule has 1 aliphatic rings. The predicted octanol–water partition coefficient (Wildman–Crippen LogP) is 2.47. The molecular formula is C20H24N2O4S. The van der Waals surface area contributed by atoms with Crippen LogP contribution in [0.3, 0.4) is 0 Å². The highest BCUT2D eigenvalue weighted by Gasteiger charge is 2.26. The van der Waals surface area contributed by atoms with E-state index in [9.17, 15) is 13.2 Å². The highest BCUT2D eigenvalue weighted by molar-refractivity contribution is 7.89. The Kier molecular flexibility index (Phi) is 5.53. The van der Waals surface area contributed by atoms with Gasteiger partial charge in [-0.15, -0.1) is 0 Å². The first-order valence-corrected chi connectivity index (χ1v) is 10.3. The molecule has 1 heterocycles. The SMILES string of the molecule is COc1ccccc1CCN(C)S(=O)(=O)c1ccc2c(c1)CCN2C(C)=O. The van der Waals surface area contributed by atoms with Crippen LogP contribution in [-0.4, -0.2) is 45.9 Å². The maximum absolute atomic E-state index is 12.9. The molecule has 0 radical (unpaired) electrons. The van der Waals surface area contributed by atoms with Gasteiger partial charge >= 0.3 is 0 Å². The molecule has 0 atom stereocenters. The minimum atomic E-state index is -3.60. The number of fused-ring (bicyclic) bond motifs is 1. The van der Waals surface area contributed by atoms with Crippen LogP contribution in [0.2, 0.25) is 0 Å². The van der Waals surface area contributed by atoms with Gasteiger partial charge in [0.2, 0.25) is 15.9 Å². The van der Waals surface area contributed by atoms with E-state index in [1.54, 1.807) is 37.3 Å². The summed E-state index contributed by atoms with van der Waals surface area (Å²) in [7, 11) is -0.410.